The molecule has 0 bridgehead atoms. The van der Waals surface area contributed by atoms with Crippen LogP contribution in [0.5, 0.6) is 0 Å². The van der Waals surface area contributed by atoms with Crippen LogP contribution in [0.15, 0.2) is 59.9 Å². The summed E-state index contributed by atoms with van der Waals surface area (Å²) in [6.07, 6.45) is 5.24. The first-order valence-corrected chi connectivity index (χ1v) is 12.7. The molecule has 1 amide bonds. The molecule has 4 aromatic rings. The van der Waals surface area contributed by atoms with Crippen molar-refractivity contribution in [2.45, 2.75) is 19.6 Å². The van der Waals surface area contributed by atoms with Gasteiger partial charge < -0.3 is 14.6 Å². The van der Waals surface area contributed by atoms with Gasteiger partial charge in [-0.2, -0.15) is 5.10 Å². The predicted octanol–water partition coefficient (Wildman–Crippen LogP) is 2.60. The van der Waals surface area contributed by atoms with Gasteiger partial charge in [0.25, 0.3) is 5.91 Å². The number of carbonyl (C=O) groups is 1. The fraction of sp³-hybridized carbons (Fsp3) is 0.286. The second kappa shape index (κ2) is 11.6. The zero-order valence-electron chi connectivity index (χ0n) is 21.0. The summed E-state index contributed by atoms with van der Waals surface area (Å²) >= 11 is 5.94. The second-order valence-electron chi connectivity index (χ2n) is 9.08. The summed E-state index contributed by atoms with van der Waals surface area (Å²) in [5.41, 5.74) is 2.51. The molecule has 5 rings (SSSR count). The maximum absolute atomic E-state index is 13.6. The Morgan fingerprint density at radius 3 is 2.68 bits per heavy atom. The molecule has 3 heterocycles. The number of nitrogens with one attached hydrogen (secondary N) is 1. The van der Waals surface area contributed by atoms with Crippen LogP contribution in [0.1, 0.15) is 27.2 Å². The highest BCUT2D eigenvalue weighted by Crippen LogP contribution is 2.20. The van der Waals surface area contributed by atoms with Crippen LogP contribution in [-0.2, 0) is 31.4 Å². The van der Waals surface area contributed by atoms with Gasteiger partial charge in [0.05, 0.1) is 42.6 Å². The number of benzene rings is 2. The van der Waals surface area contributed by atoms with Crippen LogP contribution in [-0.4, -0.2) is 56.4 Å². The van der Waals surface area contributed by atoms with Gasteiger partial charge >= 0.3 is 0 Å². The molecular weight excluding hydrogens is 504 g/mol. The number of ether oxygens (including phenoxy) is 1. The summed E-state index contributed by atoms with van der Waals surface area (Å²) in [4.78, 5) is 32.9. The van der Waals surface area contributed by atoms with Gasteiger partial charge in [0.15, 0.2) is 5.69 Å². The average molecular weight is 531 g/mol. The van der Waals surface area contributed by atoms with E-state index in [9.17, 15) is 9.59 Å². The Morgan fingerprint density at radius 1 is 1.16 bits per heavy atom. The molecule has 0 atom stereocenters. The Balaban J connectivity index is 1.50. The molecule has 38 heavy (non-hydrogen) atoms. The molecule has 1 N–H and O–H groups in total. The molecule has 10 heteroatoms. The molecule has 0 unspecified atom stereocenters. The number of halogens is 1. The average Bonchev–Trinajstić information content (AvgIpc) is 3.44. The number of aryl methyl sites for hydroxylation is 1. The number of nitrogens with zero attached hydrogens (tertiary/aromatic N) is 5. The van der Waals surface area contributed by atoms with Gasteiger partial charge in [-0.05, 0) is 35.4 Å². The number of fused-ring (bicyclic) bond motifs is 1. The smallest absolute Gasteiger partial charge is 0.276 e. The van der Waals surface area contributed by atoms with E-state index in [0.29, 0.717) is 47.8 Å². The van der Waals surface area contributed by atoms with Crippen LogP contribution in [0.25, 0.3) is 10.9 Å². The lowest BCUT2D eigenvalue weighted by molar-refractivity contribution is 0.0342. The van der Waals surface area contributed by atoms with E-state index in [4.69, 9.17) is 16.3 Å². The largest absolute Gasteiger partial charge is 0.379 e. The summed E-state index contributed by atoms with van der Waals surface area (Å²) < 4.78 is 8.90. The number of aromatic nitrogens is 4. The van der Waals surface area contributed by atoms with Crippen molar-refractivity contribution in [2.75, 3.05) is 26.3 Å². The summed E-state index contributed by atoms with van der Waals surface area (Å²) in [5.74, 6) is 5.85. The van der Waals surface area contributed by atoms with Crippen molar-refractivity contribution in [1.82, 2.24) is 29.5 Å². The zero-order valence-corrected chi connectivity index (χ0v) is 21.7. The number of amides is 1. The van der Waals surface area contributed by atoms with Gasteiger partial charge in [-0.1, -0.05) is 35.6 Å². The minimum Gasteiger partial charge on any atom is -0.379 e. The van der Waals surface area contributed by atoms with Crippen molar-refractivity contribution in [2.24, 2.45) is 7.05 Å². The highest BCUT2D eigenvalue weighted by molar-refractivity contribution is 6.30. The Labute approximate surface area is 225 Å². The van der Waals surface area contributed by atoms with E-state index in [2.05, 4.69) is 32.1 Å². The number of hydrogen-bond donors (Lipinski definition) is 1. The summed E-state index contributed by atoms with van der Waals surface area (Å²) in [7, 11) is 1.72. The molecule has 0 spiro atoms. The van der Waals surface area contributed by atoms with Crippen LogP contribution in [0, 0.1) is 11.8 Å². The molecule has 9 nitrogen and oxygen atoms in total. The standard InChI is InChI=1S/C28H27ClN6O3/c1-33-26-22(3-2-9-35-10-8-30-19-35)15-21(18-34-11-13-38-14-12-34)16-24(26)27(36)25(32-33)28(37)31-17-20-4-6-23(29)7-5-20/h4-8,10,15-16,19H,9,11-14,17-18H2,1H3,(H,31,37). The molecule has 0 aliphatic carbocycles. The molecule has 2 aromatic carbocycles. The highest BCUT2D eigenvalue weighted by Gasteiger charge is 2.20. The van der Waals surface area contributed by atoms with E-state index >= 15 is 0 Å². The topological polar surface area (TPSA) is 94.3 Å². The van der Waals surface area contributed by atoms with Crippen molar-refractivity contribution >= 4 is 28.4 Å². The first kappa shape index (κ1) is 25.7. The Bertz CT molecular complexity index is 1560. The van der Waals surface area contributed by atoms with Crippen LogP contribution >= 0.6 is 11.6 Å². The SMILES string of the molecule is Cn1nc(C(=O)NCc2ccc(Cl)cc2)c(=O)c2cc(CN3CCOCC3)cc(C#CCn3ccnc3)c21. The third-order valence-corrected chi connectivity index (χ3v) is 6.59. The lowest BCUT2D eigenvalue weighted by Crippen LogP contribution is -2.35. The fourth-order valence-electron chi connectivity index (χ4n) is 4.42. The minimum absolute atomic E-state index is 0.158. The van der Waals surface area contributed by atoms with Crippen LogP contribution in [0.4, 0.5) is 0 Å². The van der Waals surface area contributed by atoms with E-state index in [1.807, 2.05) is 35.0 Å². The van der Waals surface area contributed by atoms with Crippen LogP contribution in [0.2, 0.25) is 5.02 Å². The lowest BCUT2D eigenvalue weighted by atomic mass is 10.0. The normalized spacial score (nSPS) is 13.7. The first-order valence-electron chi connectivity index (χ1n) is 12.3. The van der Waals surface area contributed by atoms with Gasteiger partial charge in [0.1, 0.15) is 0 Å². The number of hydrogen-bond acceptors (Lipinski definition) is 6. The van der Waals surface area contributed by atoms with E-state index in [-0.39, 0.29) is 12.2 Å². The first-order chi connectivity index (χ1) is 18.5. The molecule has 194 valence electrons. The van der Waals surface area contributed by atoms with Crippen molar-refractivity contribution in [3.63, 3.8) is 0 Å². The lowest BCUT2D eigenvalue weighted by Gasteiger charge is -2.26. The van der Waals surface area contributed by atoms with Crippen molar-refractivity contribution < 1.29 is 9.53 Å². The quantitative estimate of drug-likeness (QED) is 0.385. The molecular formula is C28H27ClN6O3. The van der Waals surface area contributed by atoms with Gasteiger partial charge in [-0.25, -0.2) is 4.98 Å². The van der Waals surface area contributed by atoms with E-state index in [1.54, 1.807) is 36.4 Å². The third-order valence-electron chi connectivity index (χ3n) is 6.34. The Hall–Kier alpha value is -3.97. The predicted molar refractivity (Wildman–Crippen MR) is 145 cm³/mol. The summed E-state index contributed by atoms with van der Waals surface area (Å²) in [6.45, 7) is 4.34. The summed E-state index contributed by atoms with van der Waals surface area (Å²) in [6, 6.07) is 11.0. The maximum atomic E-state index is 13.6. The molecule has 1 saturated heterocycles. The molecule has 2 aromatic heterocycles. The van der Waals surface area contributed by atoms with Gasteiger partial charge in [-0.3, -0.25) is 19.2 Å². The van der Waals surface area contributed by atoms with Crippen molar-refractivity contribution in [1.29, 1.82) is 0 Å². The van der Waals surface area contributed by atoms with Crippen molar-refractivity contribution in [3.8, 4) is 11.8 Å². The number of morpholine rings is 1. The molecule has 0 radical (unpaired) electrons. The Kier molecular flexibility index (Phi) is 7.84. The van der Waals surface area contributed by atoms with Crippen molar-refractivity contribution in [3.05, 3.63) is 92.7 Å². The highest BCUT2D eigenvalue weighted by atomic mass is 35.5. The summed E-state index contributed by atoms with van der Waals surface area (Å²) in [5, 5.41) is 8.17. The molecule has 1 aliphatic heterocycles. The zero-order chi connectivity index (χ0) is 26.5. The number of rotatable bonds is 6. The molecule has 0 saturated carbocycles. The van der Waals surface area contributed by atoms with E-state index in [1.165, 1.54) is 0 Å². The van der Waals surface area contributed by atoms with Gasteiger partial charge in [0, 0.05) is 50.6 Å². The molecule has 1 aliphatic rings. The van der Waals surface area contributed by atoms with Gasteiger partial charge in [0.2, 0.25) is 5.43 Å². The molecule has 1 fully saturated rings. The minimum atomic E-state index is -0.534. The Morgan fingerprint density at radius 2 is 1.95 bits per heavy atom. The van der Waals surface area contributed by atoms with Crippen LogP contribution < -0.4 is 10.7 Å². The third kappa shape index (κ3) is 5.94. The second-order valence-corrected chi connectivity index (χ2v) is 9.51. The van der Waals surface area contributed by atoms with Crippen LogP contribution in [0.3, 0.4) is 0 Å². The number of carbonyl (C=O) groups excluding carboxylic acids is 1. The van der Waals surface area contributed by atoms with E-state index < -0.39 is 11.3 Å². The maximum Gasteiger partial charge on any atom is 0.276 e. The monoisotopic (exact) mass is 530 g/mol. The number of imidazole rings is 1. The fourth-order valence-corrected chi connectivity index (χ4v) is 4.54. The van der Waals surface area contributed by atoms with E-state index in [0.717, 1.165) is 24.2 Å². The van der Waals surface area contributed by atoms with Gasteiger partial charge in [-0.15, -0.1) is 0 Å².